The molecule has 0 aliphatic heterocycles. The van der Waals surface area contributed by atoms with E-state index in [1.807, 2.05) is 6.08 Å². The Bertz CT molecular complexity index is 1040. The molecule has 30 heavy (non-hydrogen) atoms. The first-order valence-electron chi connectivity index (χ1n) is 11.1. The molecule has 0 aliphatic rings. The molecule has 0 heterocycles. The molecule has 3 aromatic rings. The van der Waals surface area contributed by atoms with Crippen LogP contribution in [0.25, 0.3) is 17.2 Å². The summed E-state index contributed by atoms with van der Waals surface area (Å²) < 4.78 is 0. The quantitative estimate of drug-likeness (QED) is 0.342. The van der Waals surface area contributed by atoms with Gasteiger partial charge in [-0.1, -0.05) is 87.9 Å². The largest absolute Gasteiger partial charge is 0.115 e. The number of aryl methyl sites for hydroxylation is 2. The fourth-order valence-corrected chi connectivity index (χ4v) is 4.32. The van der Waals surface area contributed by atoms with Gasteiger partial charge in [-0.2, -0.15) is 0 Å². The second kappa shape index (κ2) is 10.1. The number of terminal acetylenes is 1. The average Bonchev–Trinajstić information content (AvgIpc) is 2.81. The minimum atomic E-state index is 0.393. The Morgan fingerprint density at radius 2 is 1.63 bits per heavy atom. The van der Waals surface area contributed by atoms with Crippen LogP contribution in [0.4, 0.5) is 0 Å². The molecule has 3 aromatic carbocycles. The van der Waals surface area contributed by atoms with Crippen LogP contribution in [0.3, 0.4) is 0 Å². The van der Waals surface area contributed by atoms with E-state index in [9.17, 15) is 0 Å². The van der Waals surface area contributed by atoms with Gasteiger partial charge in [0.2, 0.25) is 0 Å². The molecule has 0 aromatic heterocycles. The summed E-state index contributed by atoms with van der Waals surface area (Å²) in [6, 6.07) is 22.1. The maximum Gasteiger partial charge on any atom is 0.0309 e. The molecule has 0 amide bonds. The number of hydrogen-bond donors (Lipinski definition) is 0. The molecule has 0 nitrogen and oxygen atoms in total. The molecule has 152 valence electrons. The van der Waals surface area contributed by atoms with Crippen LogP contribution in [0.5, 0.6) is 0 Å². The van der Waals surface area contributed by atoms with Crippen LogP contribution < -0.4 is 0 Å². The van der Waals surface area contributed by atoms with Crippen LogP contribution >= 0.6 is 0 Å². The molecule has 0 bridgehead atoms. The Balaban J connectivity index is 2.10. The second-order valence-corrected chi connectivity index (χ2v) is 7.86. The summed E-state index contributed by atoms with van der Waals surface area (Å²) in [6.07, 6.45) is 11.9. The third kappa shape index (κ3) is 4.58. The molecule has 0 saturated heterocycles. The van der Waals surface area contributed by atoms with Gasteiger partial charge in [-0.15, -0.1) is 6.42 Å². The lowest BCUT2D eigenvalue weighted by Crippen LogP contribution is -2.07. The minimum Gasteiger partial charge on any atom is -0.115 e. The summed E-state index contributed by atoms with van der Waals surface area (Å²) in [5, 5.41) is 0. The average molecular weight is 393 g/mol. The molecule has 0 aliphatic carbocycles. The highest BCUT2D eigenvalue weighted by molar-refractivity contribution is 5.71. The van der Waals surface area contributed by atoms with Gasteiger partial charge in [-0.25, -0.2) is 0 Å². The van der Waals surface area contributed by atoms with Crippen molar-refractivity contribution in [2.24, 2.45) is 0 Å². The van der Waals surface area contributed by atoms with Crippen molar-refractivity contribution < 1.29 is 0 Å². The van der Waals surface area contributed by atoms with Crippen molar-refractivity contribution >= 4 is 6.08 Å². The van der Waals surface area contributed by atoms with E-state index in [1.54, 1.807) is 0 Å². The van der Waals surface area contributed by atoms with Crippen molar-refractivity contribution in [1.29, 1.82) is 0 Å². The van der Waals surface area contributed by atoms with Gasteiger partial charge in [-0.3, -0.25) is 0 Å². The van der Waals surface area contributed by atoms with E-state index in [4.69, 9.17) is 6.42 Å². The lowest BCUT2D eigenvalue weighted by Gasteiger charge is -2.22. The summed E-state index contributed by atoms with van der Waals surface area (Å²) in [5.74, 6) is 3.42. The third-order valence-corrected chi connectivity index (χ3v) is 6.12. The fourth-order valence-electron chi connectivity index (χ4n) is 4.32. The lowest BCUT2D eigenvalue weighted by atomic mass is 9.82. The van der Waals surface area contributed by atoms with E-state index in [1.165, 1.54) is 33.4 Å². The first-order chi connectivity index (χ1) is 14.6. The highest BCUT2D eigenvalue weighted by Crippen LogP contribution is 2.35. The van der Waals surface area contributed by atoms with E-state index < -0.39 is 0 Å². The molecule has 0 radical (unpaired) electrons. The summed E-state index contributed by atoms with van der Waals surface area (Å²) in [6.45, 7) is 10.5. The molecule has 0 fully saturated rings. The van der Waals surface area contributed by atoms with Gasteiger partial charge < -0.3 is 0 Å². The number of rotatable bonds is 8. The molecule has 0 heteroatoms. The van der Waals surface area contributed by atoms with E-state index >= 15 is 0 Å². The fraction of sp³-hybridized carbons (Fsp3) is 0.267. The smallest absolute Gasteiger partial charge is 0.0309 e. The van der Waals surface area contributed by atoms with Gasteiger partial charge >= 0.3 is 0 Å². The van der Waals surface area contributed by atoms with E-state index in [-0.39, 0.29) is 0 Å². The zero-order chi connectivity index (χ0) is 21.5. The van der Waals surface area contributed by atoms with Gasteiger partial charge in [0.15, 0.2) is 0 Å². The van der Waals surface area contributed by atoms with Crippen molar-refractivity contribution in [2.45, 2.75) is 52.4 Å². The number of benzene rings is 3. The van der Waals surface area contributed by atoms with Crippen LogP contribution in [-0.2, 0) is 19.3 Å². The Morgan fingerprint density at radius 3 is 2.23 bits per heavy atom. The normalized spacial score (nSPS) is 11.7. The van der Waals surface area contributed by atoms with Gasteiger partial charge in [0.1, 0.15) is 0 Å². The molecular weight excluding hydrogens is 360 g/mol. The van der Waals surface area contributed by atoms with Gasteiger partial charge in [0, 0.05) is 5.56 Å². The summed E-state index contributed by atoms with van der Waals surface area (Å²) in [7, 11) is 0. The maximum absolute atomic E-state index is 6.03. The molecule has 0 spiro atoms. The van der Waals surface area contributed by atoms with Crippen molar-refractivity contribution in [3.8, 4) is 23.5 Å². The molecular formula is C30H32. The first-order valence-corrected chi connectivity index (χ1v) is 11.1. The van der Waals surface area contributed by atoms with Crippen LogP contribution in [0.15, 0.2) is 67.2 Å². The monoisotopic (exact) mass is 392 g/mol. The minimum absolute atomic E-state index is 0.393. The molecule has 3 rings (SSSR count). The summed E-state index contributed by atoms with van der Waals surface area (Å²) >= 11 is 0. The van der Waals surface area contributed by atoms with E-state index in [0.29, 0.717) is 5.92 Å². The second-order valence-electron chi connectivity index (χ2n) is 7.86. The van der Waals surface area contributed by atoms with E-state index in [0.717, 1.165) is 36.8 Å². The lowest BCUT2D eigenvalue weighted by molar-refractivity contribution is 0.658. The van der Waals surface area contributed by atoms with Crippen LogP contribution in [0.2, 0.25) is 0 Å². The van der Waals surface area contributed by atoms with Crippen molar-refractivity contribution in [3.63, 3.8) is 0 Å². The van der Waals surface area contributed by atoms with Crippen LogP contribution in [0, 0.1) is 12.3 Å². The Kier molecular flexibility index (Phi) is 7.31. The Morgan fingerprint density at radius 1 is 0.933 bits per heavy atom. The van der Waals surface area contributed by atoms with E-state index in [2.05, 4.69) is 93.9 Å². The zero-order valence-corrected chi connectivity index (χ0v) is 18.5. The first kappa shape index (κ1) is 21.7. The molecule has 1 atom stereocenters. The van der Waals surface area contributed by atoms with Crippen molar-refractivity contribution in [1.82, 2.24) is 0 Å². The summed E-state index contributed by atoms with van der Waals surface area (Å²) in [5.41, 5.74) is 10.2. The number of hydrogen-bond acceptors (Lipinski definition) is 0. The van der Waals surface area contributed by atoms with Crippen LogP contribution in [0.1, 0.15) is 66.5 Å². The predicted molar refractivity (Wildman–Crippen MR) is 132 cm³/mol. The highest BCUT2D eigenvalue weighted by atomic mass is 14.2. The van der Waals surface area contributed by atoms with Gasteiger partial charge in [0.25, 0.3) is 0 Å². The molecule has 0 N–H and O–H groups in total. The standard InChI is InChI=1S/C30H32/c1-6-22-15-17-23(18-16-22)19-25(8-3)30-21-27(20-26(9-4)28(30)10-5)29-14-12-11-13-24(29)7-2/h5-6,11-18,20-21,25H,1,7-9,19H2,2-4H3/t25-/m0/s1. The Labute approximate surface area is 182 Å². The molecule has 0 saturated carbocycles. The summed E-state index contributed by atoms with van der Waals surface area (Å²) in [4.78, 5) is 0. The predicted octanol–water partition coefficient (Wildman–Crippen LogP) is 7.84. The Hall–Kier alpha value is -3.04. The zero-order valence-electron chi connectivity index (χ0n) is 18.5. The maximum atomic E-state index is 6.03. The van der Waals surface area contributed by atoms with Crippen LogP contribution in [-0.4, -0.2) is 0 Å². The van der Waals surface area contributed by atoms with Gasteiger partial charge in [-0.05, 0) is 82.7 Å². The van der Waals surface area contributed by atoms with Crippen molar-refractivity contribution in [3.05, 3.63) is 101 Å². The highest BCUT2D eigenvalue weighted by Gasteiger charge is 2.18. The molecule has 0 unspecified atom stereocenters. The van der Waals surface area contributed by atoms with Crippen molar-refractivity contribution in [2.75, 3.05) is 0 Å². The van der Waals surface area contributed by atoms with Gasteiger partial charge in [0.05, 0.1) is 0 Å². The third-order valence-electron chi connectivity index (χ3n) is 6.12. The SMILES string of the molecule is C#Cc1c(CC)cc(-c2ccccc2CC)cc1[C@@H](CC)Cc1ccc(C=C)cc1. The topological polar surface area (TPSA) is 0 Å².